The molecule has 1 saturated heterocycles. The van der Waals surface area contributed by atoms with E-state index < -0.39 is 0 Å². The van der Waals surface area contributed by atoms with E-state index in [1.165, 1.54) is 11.1 Å². The molecule has 7 heteroatoms. The molecular formula is C30H33N5O2. The fourth-order valence-electron chi connectivity index (χ4n) is 5.25. The topological polar surface area (TPSA) is 80.1 Å². The Morgan fingerprint density at radius 1 is 0.973 bits per heavy atom. The van der Waals surface area contributed by atoms with Gasteiger partial charge in [0.2, 0.25) is 5.91 Å². The second kappa shape index (κ2) is 10.2. The van der Waals surface area contributed by atoms with E-state index in [4.69, 9.17) is 4.98 Å². The predicted molar refractivity (Wildman–Crippen MR) is 148 cm³/mol. The molecular weight excluding hydrogens is 462 g/mol. The molecule has 2 aromatic heterocycles. The molecule has 7 nitrogen and oxygen atoms in total. The first-order chi connectivity index (χ1) is 17.8. The van der Waals surface area contributed by atoms with Gasteiger partial charge in [0.1, 0.15) is 5.52 Å². The van der Waals surface area contributed by atoms with E-state index in [1.807, 2.05) is 62.1 Å². The molecule has 0 atom stereocenters. The monoisotopic (exact) mass is 495 g/mol. The van der Waals surface area contributed by atoms with Crippen LogP contribution in [0.1, 0.15) is 40.7 Å². The van der Waals surface area contributed by atoms with E-state index in [9.17, 15) is 9.59 Å². The van der Waals surface area contributed by atoms with E-state index in [0.29, 0.717) is 49.5 Å². The smallest absolute Gasteiger partial charge is 0.295 e. The SMILES string of the molecule is Cc1ccc(Cn2c(=O)c(N3CCC(C(=O)Nc4c(C)cc(C)cc4C)CC3)nc3cccnc32)cc1. The highest BCUT2D eigenvalue weighted by Gasteiger charge is 2.28. The van der Waals surface area contributed by atoms with Gasteiger partial charge < -0.3 is 10.2 Å². The van der Waals surface area contributed by atoms with Crippen LogP contribution in [-0.2, 0) is 11.3 Å². The Hall–Kier alpha value is -4.00. The Kier molecular flexibility index (Phi) is 6.78. The summed E-state index contributed by atoms with van der Waals surface area (Å²) >= 11 is 0. The van der Waals surface area contributed by atoms with Crippen molar-refractivity contribution in [2.45, 2.75) is 47.1 Å². The molecule has 4 aromatic rings. The summed E-state index contributed by atoms with van der Waals surface area (Å²) in [6.07, 6.45) is 3.02. The van der Waals surface area contributed by atoms with E-state index in [-0.39, 0.29) is 17.4 Å². The number of carbonyl (C=O) groups is 1. The number of carbonyl (C=O) groups excluding carboxylic acids is 1. The number of fused-ring (bicyclic) bond motifs is 1. The van der Waals surface area contributed by atoms with Crippen molar-refractivity contribution in [1.82, 2.24) is 14.5 Å². The largest absolute Gasteiger partial charge is 0.352 e. The molecule has 0 bridgehead atoms. The number of hydrogen-bond acceptors (Lipinski definition) is 5. The zero-order valence-electron chi connectivity index (χ0n) is 21.9. The highest BCUT2D eigenvalue weighted by molar-refractivity contribution is 5.94. The number of pyridine rings is 1. The number of aryl methyl sites for hydroxylation is 4. The number of nitrogens with zero attached hydrogens (tertiary/aromatic N) is 4. The van der Waals surface area contributed by atoms with Crippen LogP contribution in [0, 0.1) is 33.6 Å². The minimum absolute atomic E-state index is 0.0437. The van der Waals surface area contributed by atoms with Crippen molar-refractivity contribution in [2.24, 2.45) is 5.92 Å². The summed E-state index contributed by atoms with van der Waals surface area (Å²) in [6, 6.07) is 16.1. The molecule has 1 aliphatic heterocycles. The minimum Gasteiger partial charge on any atom is -0.352 e. The van der Waals surface area contributed by atoms with Crippen LogP contribution in [0.5, 0.6) is 0 Å². The summed E-state index contributed by atoms with van der Waals surface area (Å²) in [7, 11) is 0. The maximum atomic E-state index is 13.7. The molecule has 0 spiro atoms. The first kappa shape index (κ1) is 24.7. The van der Waals surface area contributed by atoms with Crippen molar-refractivity contribution < 1.29 is 4.79 Å². The van der Waals surface area contributed by atoms with Gasteiger partial charge in [-0.25, -0.2) is 9.97 Å². The van der Waals surface area contributed by atoms with Gasteiger partial charge in [0.25, 0.3) is 5.56 Å². The van der Waals surface area contributed by atoms with Crippen molar-refractivity contribution in [3.63, 3.8) is 0 Å². The number of piperidine rings is 1. The second-order valence-electron chi connectivity index (χ2n) is 10.2. The van der Waals surface area contributed by atoms with Gasteiger partial charge in [-0.3, -0.25) is 14.2 Å². The van der Waals surface area contributed by atoms with Crippen LogP contribution in [0.2, 0.25) is 0 Å². The third-order valence-corrected chi connectivity index (χ3v) is 7.24. The Bertz CT molecular complexity index is 1490. The highest BCUT2D eigenvalue weighted by atomic mass is 16.2. The van der Waals surface area contributed by atoms with E-state index in [2.05, 4.69) is 29.4 Å². The van der Waals surface area contributed by atoms with Crippen molar-refractivity contribution in [3.8, 4) is 0 Å². The number of hydrogen-bond donors (Lipinski definition) is 1. The summed E-state index contributed by atoms with van der Waals surface area (Å²) in [5.41, 5.74) is 7.57. The van der Waals surface area contributed by atoms with Crippen LogP contribution in [0.4, 0.5) is 11.5 Å². The summed E-state index contributed by atoms with van der Waals surface area (Å²) in [4.78, 5) is 38.0. The molecule has 5 rings (SSSR count). The normalized spacial score (nSPS) is 14.2. The molecule has 1 amide bonds. The first-order valence-electron chi connectivity index (χ1n) is 12.8. The quantitative estimate of drug-likeness (QED) is 0.425. The number of rotatable bonds is 5. The van der Waals surface area contributed by atoms with Crippen LogP contribution in [0.25, 0.3) is 11.2 Å². The third kappa shape index (κ3) is 5.12. The fourth-order valence-corrected chi connectivity index (χ4v) is 5.25. The lowest BCUT2D eigenvalue weighted by Gasteiger charge is -2.32. The number of anilines is 2. The molecule has 1 fully saturated rings. The molecule has 0 saturated carbocycles. The molecule has 3 heterocycles. The second-order valence-corrected chi connectivity index (χ2v) is 10.2. The predicted octanol–water partition coefficient (Wildman–Crippen LogP) is 4.93. The Labute approximate surface area is 217 Å². The van der Waals surface area contributed by atoms with Gasteiger partial charge in [-0.1, -0.05) is 47.5 Å². The molecule has 2 aromatic carbocycles. The number of benzene rings is 2. The van der Waals surface area contributed by atoms with Crippen molar-refractivity contribution in [1.29, 1.82) is 0 Å². The molecule has 37 heavy (non-hydrogen) atoms. The number of amides is 1. The standard InChI is InChI=1S/C30H33N5O2/c1-19-7-9-23(10-8-19)18-35-27-25(6-5-13-31-27)32-28(30(35)37)34-14-11-24(12-15-34)29(36)33-26-21(3)16-20(2)17-22(26)4/h5-10,13,16-17,24H,11-12,14-15,18H2,1-4H3,(H,33,36). The van der Waals surface area contributed by atoms with Crippen LogP contribution in [0.3, 0.4) is 0 Å². The summed E-state index contributed by atoms with van der Waals surface area (Å²) in [5.74, 6) is 0.368. The molecule has 1 N–H and O–H groups in total. The highest BCUT2D eigenvalue weighted by Crippen LogP contribution is 2.26. The van der Waals surface area contributed by atoms with Crippen molar-refractivity contribution >= 4 is 28.6 Å². The Morgan fingerprint density at radius 3 is 2.32 bits per heavy atom. The third-order valence-electron chi connectivity index (χ3n) is 7.24. The van der Waals surface area contributed by atoms with Gasteiger partial charge in [-0.2, -0.15) is 0 Å². The summed E-state index contributed by atoms with van der Waals surface area (Å²) in [6.45, 7) is 9.79. The average molecular weight is 496 g/mol. The van der Waals surface area contributed by atoms with E-state index >= 15 is 0 Å². The van der Waals surface area contributed by atoms with Crippen LogP contribution in [0.15, 0.2) is 59.5 Å². The fraction of sp³-hybridized carbons (Fsp3) is 0.333. The van der Waals surface area contributed by atoms with Crippen LogP contribution in [-0.4, -0.2) is 33.5 Å². The van der Waals surface area contributed by atoms with Gasteiger partial charge in [0.15, 0.2) is 11.5 Å². The molecule has 0 radical (unpaired) electrons. The Morgan fingerprint density at radius 2 is 1.65 bits per heavy atom. The van der Waals surface area contributed by atoms with Gasteiger partial charge >= 0.3 is 0 Å². The first-order valence-corrected chi connectivity index (χ1v) is 12.8. The molecule has 190 valence electrons. The van der Waals surface area contributed by atoms with Crippen LogP contribution < -0.4 is 15.8 Å². The van der Waals surface area contributed by atoms with Crippen molar-refractivity contribution in [3.05, 3.63) is 92.9 Å². The zero-order chi connectivity index (χ0) is 26.1. The van der Waals surface area contributed by atoms with E-state index in [1.54, 1.807) is 10.8 Å². The Balaban J connectivity index is 1.36. The summed E-state index contributed by atoms with van der Waals surface area (Å²) in [5, 5.41) is 3.16. The maximum absolute atomic E-state index is 13.7. The lowest BCUT2D eigenvalue weighted by Crippen LogP contribution is -2.42. The number of aromatic nitrogens is 3. The minimum atomic E-state index is -0.152. The molecule has 0 unspecified atom stereocenters. The van der Waals surface area contributed by atoms with Gasteiger partial charge in [-0.15, -0.1) is 0 Å². The zero-order valence-corrected chi connectivity index (χ0v) is 21.9. The number of nitrogens with one attached hydrogen (secondary N) is 1. The van der Waals surface area contributed by atoms with Gasteiger partial charge in [0, 0.05) is 30.9 Å². The molecule has 0 aliphatic carbocycles. The average Bonchev–Trinajstić information content (AvgIpc) is 2.89. The van der Waals surface area contributed by atoms with Crippen LogP contribution >= 0.6 is 0 Å². The van der Waals surface area contributed by atoms with Gasteiger partial charge in [0.05, 0.1) is 6.54 Å². The summed E-state index contributed by atoms with van der Waals surface area (Å²) < 4.78 is 1.71. The lowest BCUT2D eigenvalue weighted by molar-refractivity contribution is -0.120. The lowest BCUT2D eigenvalue weighted by atomic mass is 9.95. The maximum Gasteiger partial charge on any atom is 0.295 e. The molecule has 1 aliphatic rings. The van der Waals surface area contributed by atoms with E-state index in [0.717, 1.165) is 22.4 Å². The van der Waals surface area contributed by atoms with Crippen molar-refractivity contribution in [2.75, 3.05) is 23.3 Å². The van der Waals surface area contributed by atoms with Gasteiger partial charge in [-0.05, 0) is 69.4 Å².